The quantitative estimate of drug-likeness (QED) is 0.844. The van der Waals surface area contributed by atoms with Gasteiger partial charge in [-0.2, -0.15) is 5.10 Å². The van der Waals surface area contributed by atoms with Gasteiger partial charge in [-0.3, -0.25) is 4.68 Å². The number of halogens is 1. The van der Waals surface area contributed by atoms with Crippen molar-refractivity contribution in [3.05, 3.63) is 33.5 Å². The zero-order valence-electron chi connectivity index (χ0n) is 9.87. The smallest absolute Gasteiger partial charge is 0.152 e. The van der Waals surface area contributed by atoms with Gasteiger partial charge in [0.2, 0.25) is 0 Å². The highest BCUT2D eigenvalue weighted by molar-refractivity contribution is 14.1. The minimum atomic E-state index is 0.731. The third-order valence-electron chi connectivity index (χ3n) is 2.62. The van der Waals surface area contributed by atoms with Crippen molar-refractivity contribution in [2.24, 2.45) is 7.05 Å². The number of hydrogen-bond donors (Lipinski definition) is 2. The van der Waals surface area contributed by atoms with Crippen LogP contribution in [0.5, 0.6) is 0 Å². The van der Waals surface area contributed by atoms with Crippen LogP contribution in [0.4, 0.5) is 17.2 Å². The fraction of sp³-hybridized carbons (Fsp3) is 0.250. The number of nitrogens with two attached hydrogens (primary N) is 1. The number of nitrogen functional groups attached to an aromatic ring is 1. The molecule has 4 nitrogen and oxygen atoms in total. The van der Waals surface area contributed by atoms with E-state index in [1.54, 1.807) is 4.68 Å². The summed E-state index contributed by atoms with van der Waals surface area (Å²) in [5.74, 6) is 0.853. The van der Waals surface area contributed by atoms with Crippen molar-refractivity contribution in [2.45, 2.75) is 13.3 Å². The highest BCUT2D eigenvalue weighted by Crippen LogP contribution is 2.28. The standard InChI is InChI=1S/C12H15IN4/c1-3-9-11(14)12(17(2)16-9)15-10-7-5-4-6-8(10)13/h4-7,15H,3,14H2,1-2H3. The Morgan fingerprint density at radius 3 is 2.71 bits per heavy atom. The molecule has 0 spiro atoms. The molecule has 0 bridgehead atoms. The summed E-state index contributed by atoms with van der Waals surface area (Å²) in [7, 11) is 1.90. The maximum Gasteiger partial charge on any atom is 0.152 e. The molecule has 1 aromatic heterocycles. The number of hydrogen-bond acceptors (Lipinski definition) is 3. The van der Waals surface area contributed by atoms with Crippen LogP contribution in [0, 0.1) is 3.57 Å². The van der Waals surface area contributed by atoms with Crippen molar-refractivity contribution in [2.75, 3.05) is 11.1 Å². The molecule has 0 aliphatic rings. The minimum absolute atomic E-state index is 0.731. The first-order valence-electron chi connectivity index (χ1n) is 5.46. The van der Waals surface area contributed by atoms with E-state index < -0.39 is 0 Å². The number of aromatic nitrogens is 2. The molecule has 1 heterocycles. The molecule has 0 saturated heterocycles. The Bertz CT molecular complexity index is 533. The van der Waals surface area contributed by atoms with Crippen molar-refractivity contribution in [1.82, 2.24) is 9.78 Å². The maximum atomic E-state index is 6.06. The Labute approximate surface area is 114 Å². The van der Waals surface area contributed by atoms with Crippen molar-refractivity contribution in [3.63, 3.8) is 0 Å². The van der Waals surface area contributed by atoms with Crippen LogP contribution in [0.15, 0.2) is 24.3 Å². The van der Waals surface area contributed by atoms with Gasteiger partial charge < -0.3 is 11.1 Å². The molecule has 0 saturated carbocycles. The lowest BCUT2D eigenvalue weighted by molar-refractivity contribution is 0.753. The fourth-order valence-electron chi connectivity index (χ4n) is 1.70. The molecule has 3 N–H and O–H groups in total. The van der Waals surface area contributed by atoms with Crippen LogP contribution >= 0.6 is 22.6 Å². The summed E-state index contributed by atoms with van der Waals surface area (Å²) in [6.45, 7) is 2.05. The molecule has 2 aromatic rings. The Kier molecular flexibility index (Phi) is 3.56. The average molecular weight is 342 g/mol. The molecule has 90 valence electrons. The highest BCUT2D eigenvalue weighted by Gasteiger charge is 2.12. The van der Waals surface area contributed by atoms with E-state index in [2.05, 4.69) is 46.0 Å². The van der Waals surface area contributed by atoms with Crippen LogP contribution in [-0.4, -0.2) is 9.78 Å². The Morgan fingerprint density at radius 1 is 1.41 bits per heavy atom. The van der Waals surface area contributed by atoms with Crippen LogP contribution in [0.25, 0.3) is 0 Å². The van der Waals surface area contributed by atoms with Crippen LogP contribution in [0.1, 0.15) is 12.6 Å². The van der Waals surface area contributed by atoms with E-state index in [-0.39, 0.29) is 0 Å². The van der Waals surface area contributed by atoms with Gasteiger partial charge in [0, 0.05) is 10.6 Å². The first-order chi connectivity index (χ1) is 8.13. The number of nitrogens with zero attached hydrogens (tertiary/aromatic N) is 2. The van der Waals surface area contributed by atoms with E-state index >= 15 is 0 Å². The second kappa shape index (κ2) is 4.95. The number of rotatable bonds is 3. The van der Waals surface area contributed by atoms with E-state index in [0.717, 1.165) is 32.9 Å². The summed E-state index contributed by atoms with van der Waals surface area (Å²) >= 11 is 2.29. The summed E-state index contributed by atoms with van der Waals surface area (Å²) in [6, 6.07) is 8.09. The predicted octanol–water partition coefficient (Wildman–Crippen LogP) is 2.91. The normalized spacial score (nSPS) is 10.5. The Hall–Kier alpha value is -1.24. The molecule has 0 amide bonds. The molecule has 0 radical (unpaired) electrons. The molecule has 17 heavy (non-hydrogen) atoms. The molecule has 0 aliphatic heterocycles. The predicted molar refractivity (Wildman–Crippen MR) is 79.4 cm³/mol. The van der Waals surface area contributed by atoms with Gasteiger partial charge in [-0.05, 0) is 41.1 Å². The monoisotopic (exact) mass is 342 g/mol. The van der Waals surface area contributed by atoms with Gasteiger partial charge in [0.15, 0.2) is 5.82 Å². The third-order valence-corrected chi connectivity index (χ3v) is 3.56. The van der Waals surface area contributed by atoms with Gasteiger partial charge in [-0.25, -0.2) is 0 Å². The van der Waals surface area contributed by atoms with Gasteiger partial charge in [0.25, 0.3) is 0 Å². The number of para-hydroxylation sites is 1. The SMILES string of the molecule is CCc1nn(C)c(Nc2ccccc2I)c1N. The van der Waals surface area contributed by atoms with Gasteiger partial charge >= 0.3 is 0 Å². The lowest BCUT2D eigenvalue weighted by Crippen LogP contribution is -2.02. The van der Waals surface area contributed by atoms with E-state index in [1.165, 1.54) is 0 Å². The number of nitrogens with one attached hydrogen (secondary N) is 1. The fourth-order valence-corrected chi connectivity index (χ4v) is 2.22. The van der Waals surface area contributed by atoms with E-state index in [4.69, 9.17) is 5.73 Å². The van der Waals surface area contributed by atoms with Crippen molar-refractivity contribution < 1.29 is 0 Å². The van der Waals surface area contributed by atoms with Crippen molar-refractivity contribution >= 4 is 39.8 Å². The van der Waals surface area contributed by atoms with Crippen LogP contribution in [-0.2, 0) is 13.5 Å². The van der Waals surface area contributed by atoms with Crippen molar-refractivity contribution in [1.29, 1.82) is 0 Å². The summed E-state index contributed by atoms with van der Waals surface area (Å²) in [5, 5.41) is 7.71. The Balaban J connectivity index is 2.37. The van der Waals surface area contributed by atoms with E-state index in [9.17, 15) is 0 Å². The van der Waals surface area contributed by atoms with E-state index in [0.29, 0.717) is 0 Å². The van der Waals surface area contributed by atoms with Crippen LogP contribution in [0.2, 0.25) is 0 Å². The second-order valence-electron chi connectivity index (χ2n) is 3.79. The summed E-state index contributed by atoms with van der Waals surface area (Å²) < 4.78 is 2.95. The lowest BCUT2D eigenvalue weighted by atomic mass is 10.3. The van der Waals surface area contributed by atoms with Crippen LogP contribution in [0.3, 0.4) is 0 Å². The zero-order valence-corrected chi connectivity index (χ0v) is 12.0. The molecule has 0 atom stereocenters. The lowest BCUT2D eigenvalue weighted by Gasteiger charge is -2.09. The number of benzene rings is 1. The Morgan fingerprint density at radius 2 is 2.12 bits per heavy atom. The second-order valence-corrected chi connectivity index (χ2v) is 4.95. The summed E-state index contributed by atoms with van der Waals surface area (Å²) in [6.07, 6.45) is 0.841. The third kappa shape index (κ3) is 2.38. The molecular weight excluding hydrogens is 327 g/mol. The largest absolute Gasteiger partial charge is 0.394 e. The van der Waals surface area contributed by atoms with Crippen molar-refractivity contribution in [3.8, 4) is 0 Å². The maximum absolute atomic E-state index is 6.06. The van der Waals surface area contributed by atoms with Gasteiger partial charge in [0.1, 0.15) is 0 Å². The summed E-state index contributed by atoms with van der Waals surface area (Å²) in [5.41, 5.74) is 8.77. The molecule has 2 rings (SSSR count). The average Bonchev–Trinajstić information content (AvgIpc) is 2.59. The first-order valence-corrected chi connectivity index (χ1v) is 6.54. The topological polar surface area (TPSA) is 55.9 Å². The van der Waals surface area contributed by atoms with Gasteiger partial charge in [0.05, 0.1) is 17.1 Å². The summed E-state index contributed by atoms with van der Waals surface area (Å²) in [4.78, 5) is 0. The minimum Gasteiger partial charge on any atom is -0.394 e. The number of aryl methyl sites for hydroxylation is 2. The molecular formula is C12H15IN4. The van der Waals surface area contributed by atoms with Gasteiger partial charge in [-0.15, -0.1) is 0 Å². The molecule has 0 fully saturated rings. The first kappa shape index (κ1) is 12.2. The zero-order chi connectivity index (χ0) is 12.4. The molecule has 1 aromatic carbocycles. The van der Waals surface area contributed by atoms with Gasteiger partial charge in [-0.1, -0.05) is 19.1 Å². The molecule has 0 unspecified atom stereocenters. The molecule has 5 heteroatoms. The highest BCUT2D eigenvalue weighted by atomic mass is 127. The number of anilines is 3. The van der Waals surface area contributed by atoms with E-state index in [1.807, 2.05) is 25.2 Å². The van der Waals surface area contributed by atoms with Crippen LogP contribution < -0.4 is 11.1 Å². The molecule has 0 aliphatic carbocycles.